The van der Waals surface area contributed by atoms with Gasteiger partial charge in [-0.05, 0) is 109 Å². The van der Waals surface area contributed by atoms with Gasteiger partial charge in [-0.25, -0.2) is 0 Å². The van der Waals surface area contributed by atoms with E-state index in [-0.39, 0.29) is 5.92 Å². The van der Waals surface area contributed by atoms with Crippen molar-refractivity contribution >= 4 is 54.9 Å². The number of aliphatic imine (C=N–C) groups is 1. The van der Waals surface area contributed by atoms with Gasteiger partial charge in [-0.15, -0.1) is 0 Å². The third-order valence-electron chi connectivity index (χ3n) is 12.4. The van der Waals surface area contributed by atoms with E-state index in [1.165, 1.54) is 76.8 Å². The summed E-state index contributed by atoms with van der Waals surface area (Å²) < 4.78 is 6.36. The molecule has 0 saturated heterocycles. The summed E-state index contributed by atoms with van der Waals surface area (Å²) in [5.74, 6) is 1.02. The molecule has 0 bridgehead atoms. The van der Waals surface area contributed by atoms with Crippen molar-refractivity contribution in [2.45, 2.75) is 39.5 Å². The van der Waals surface area contributed by atoms with Gasteiger partial charge >= 0.3 is 0 Å². The molecule has 0 amide bonds. The van der Waals surface area contributed by atoms with Gasteiger partial charge in [-0.1, -0.05) is 160 Å². The minimum absolute atomic E-state index is 0.236. The van der Waals surface area contributed by atoms with Gasteiger partial charge in [0.05, 0.1) is 11.4 Å². The van der Waals surface area contributed by atoms with Crippen molar-refractivity contribution in [3.8, 4) is 22.3 Å². The molecule has 1 aliphatic rings. The van der Waals surface area contributed by atoms with Gasteiger partial charge < -0.3 is 4.42 Å². The lowest BCUT2D eigenvalue weighted by Gasteiger charge is -2.34. The fourth-order valence-electron chi connectivity index (χ4n) is 9.40. The highest BCUT2D eigenvalue weighted by Gasteiger charge is 2.32. The molecule has 55 heavy (non-hydrogen) atoms. The Kier molecular flexibility index (Phi) is 8.21. The van der Waals surface area contributed by atoms with Crippen LogP contribution >= 0.6 is 0 Å². The molecule has 2 heterocycles. The van der Waals surface area contributed by atoms with Crippen molar-refractivity contribution in [3.05, 3.63) is 186 Å². The van der Waals surface area contributed by atoms with E-state index in [2.05, 4.69) is 185 Å². The summed E-state index contributed by atoms with van der Waals surface area (Å²) in [6.07, 6.45) is 1.97. The molecule has 3 unspecified atom stereocenters. The Morgan fingerprint density at radius 1 is 0.527 bits per heavy atom. The molecule has 0 aliphatic carbocycles. The number of nitrogens with zero attached hydrogens (tertiary/aromatic N) is 1. The van der Waals surface area contributed by atoms with Crippen LogP contribution < -0.4 is 0 Å². The van der Waals surface area contributed by atoms with Gasteiger partial charge in [0.1, 0.15) is 11.2 Å². The first-order valence-electron chi connectivity index (χ1n) is 19.8. The Morgan fingerprint density at radius 2 is 1.07 bits per heavy atom. The lowest BCUT2D eigenvalue weighted by molar-refractivity contribution is 0.386. The molecule has 10 rings (SSSR count). The van der Waals surface area contributed by atoms with Crippen LogP contribution in [0.3, 0.4) is 0 Å². The summed E-state index contributed by atoms with van der Waals surface area (Å²) in [6.45, 7) is 7.11. The number of benzene rings is 8. The number of hydrogen-bond donors (Lipinski definition) is 0. The van der Waals surface area contributed by atoms with Gasteiger partial charge in [-0.3, -0.25) is 4.99 Å². The first kappa shape index (κ1) is 33.3. The van der Waals surface area contributed by atoms with Crippen LogP contribution in [0.4, 0.5) is 0 Å². The average Bonchev–Trinajstić information content (AvgIpc) is 3.64. The van der Waals surface area contributed by atoms with Crippen LogP contribution in [0.25, 0.3) is 71.4 Å². The monoisotopic (exact) mass is 709 g/mol. The van der Waals surface area contributed by atoms with E-state index in [1.807, 2.05) is 0 Å². The van der Waals surface area contributed by atoms with Crippen molar-refractivity contribution in [1.29, 1.82) is 0 Å². The lowest BCUT2D eigenvalue weighted by Crippen LogP contribution is -2.27. The summed E-state index contributed by atoms with van der Waals surface area (Å²) in [7, 11) is 0. The maximum absolute atomic E-state index is 6.36. The Labute approximate surface area is 322 Å². The maximum Gasteiger partial charge on any atom is 0.136 e. The molecule has 9 aromatic rings. The summed E-state index contributed by atoms with van der Waals surface area (Å²) in [6, 6.07) is 59.7. The van der Waals surface area contributed by atoms with Crippen LogP contribution in [0.5, 0.6) is 0 Å². The summed E-state index contributed by atoms with van der Waals surface area (Å²) in [5, 5.41) is 7.43. The van der Waals surface area contributed by atoms with Gasteiger partial charge in [-0.2, -0.15) is 0 Å². The normalized spacial score (nSPS) is 20.2. The zero-order valence-corrected chi connectivity index (χ0v) is 31.6. The van der Waals surface area contributed by atoms with Gasteiger partial charge in [0.15, 0.2) is 0 Å². The zero-order chi connectivity index (χ0) is 37.0. The second-order valence-corrected chi connectivity index (χ2v) is 15.4. The molecule has 0 fully saturated rings. The van der Waals surface area contributed by atoms with Crippen LogP contribution in [-0.2, 0) is 0 Å². The van der Waals surface area contributed by atoms with E-state index in [0.29, 0.717) is 11.8 Å². The molecule has 0 saturated carbocycles. The number of fused-ring (bicyclic) bond motifs is 3. The first-order valence-corrected chi connectivity index (χ1v) is 19.8. The van der Waals surface area contributed by atoms with E-state index >= 15 is 0 Å². The van der Waals surface area contributed by atoms with E-state index < -0.39 is 0 Å². The average molecular weight is 710 g/mol. The molecule has 0 N–H and O–H groups in total. The van der Waals surface area contributed by atoms with Crippen molar-refractivity contribution in [1.82, 2.24) is 0 Å². The molecule has 2 nitrogen and oxygen atoms in total. The second kappa shape index (κ2) is 13.6. The van der Waals surface area contributed by atoms with Crippen LogP contribution in [0.15, 0.2) is 179 Å². The van der Waals surface area contributed by atoms with E-state index in [9.17, 15) is 0 Å². The van der Waals surface area contributed by atoms with Crippen molar-refractivity contribution in [2.75, 3.05) is 0 Å². The predicted molar refractivity (Wildman–Crippen MR) is 233 cm³/mol. The van der Waals surface area contributed by atoms with Crippen LogP contribution in [0.2, 0.25) is 0 Å². The van der Waals surface area contributed by atoms with Crippen LogP contribution in [0.1, 0.15) is 56.2 Å². The van der Waals surface area contributed by atoms with Gasteiger partial charge in [0.2, 0.25) is 0 Å². The Hall–Kier alpha value is -6.25. The third kappa shape index (κ3) is 5.59. The van der Waals surface area contributed by atoms with Crippen molar-refractivity contribution in [2.24, 2.45) is 16.8 Å². The summed E-state index contributed by atoms with van der Waals surface area (Å²) >= 11 is 0. The highest BCUT2D eigenvalue weighted by molar-refractivity contribution is 6.34. The van der Waals surface area contributed by atoms with E-state index in [4.69, 9.17) is 9.41 Å². The molecule has 1 aromatic heterocycles. The molecule has 0 radical (unpaired) electrons. The molecule has 266 valence electrons. The fraction of sp³-hybridized carbons (Fsp3) is 0.151. The summed E-state index contributed by atoms with van der Waals surface area (Å²) in [5.41, 5.74) is 14.2. The predicted octanol–water partition coefficient (Wildman–Crippen LogP) is 14.7. The van der Waals surface area contributed by atoms with Crippen LogP contribution in [0, 0.1) is 11.8 Å². The first-order chi connectivity index (χ1) is 27.1. The zero-order valence-electron chi connectivity index (χ0n) is 31.6. The van der Waals surface area contributed by atoms with Gasteiger partial charge in [0, 0.05) is 22.3 Å². The van der Waals surface area contributed by atoms with E-state index in [0.717, 1.165) is 35.4 Å². The maximum atomic E-state index is 6.36. The SMILES string of the molecule is CC/C1=C(c2ccccc2)/N=C(/c2cccc(-c3cccc(-c4cccc5c6cccc7oc8cccc(c45)c8c76)c3)c2)C(C)C(C)C(c2ccccc2)C1. The molecule has 0 spiro atoms. The number of hydrogen-bond acceptors (Lipinski definition) is 2. The Balaban J connectivity index is 1.11. The molecule has 2 heteroatoms. The summed E-state index contributed by atoms with van der Waals surface area (Å²) in [4.78, 5) is 5.67. The minimum atomic E-state index is 0.236. The smallest absolute Gasteiger partial charge is 0.136 e. The topological polar surface area (TPSA) is 25.5 Å². The van der Waals surface area contributed by atoms with Crippen molar-refractivity contribution in [3.63, 3.8) is 0 Å². The molecule has 1 aliphatic heterocycles. The van der Waals surface area contributed by atoms with Crippen molar-refractivity contribution < 1.29 is 4.42 Å². The number of furan rings is 1. The lowest BCUT2D eigenvalue weighted by atomic mass is 9.72. The van der Waals surface area contributed by atoms with Gasteiger partial charge in [0.25, 0.3) is 0 Å². The Bertz CT molecular complexity index is 2910. The Morgan fingerprint density at radius 3 is 1.78 bits per heavy atom. The quantitative estimate of drug-likeness (QED) is 0.158. The standard InChI is InChI=1S/C53H43NO/c1-4-35-32-46(36-16-7-5-8-17-36)33(2)34(3)52(54-53(35)37-18-9-6-10-19-37)41-23-12-21-39(31-41)38-20-11-22-40(30-38)42-24-13-25-43-44-26-14-28-47-50(44)51-45(49(42)43)27-15-29-48(51)55-47/h5-31,33-34,46H,4,32H2,1-3H3/b53-35-,54-52+. The van der Waals surface area contributed by atoms with Crippen LogP contribution in [-0.4, -0.2) is 5.71 Å². The minimum Gasteiger partial charge on any atom is -0.456 e. The molecule has 8 aromatic carbocycles. The van der Waals surface area contributed by atoms with E-state index in [1.54, 1.807) is 0 Å². The third-order valence-corrected chi connectivity index (χ3v) is 12.4. The number of rotatable bonds is 6. The largest absolute Gasteiger partial charge is 0.456 e. The number of allylic oxidation sites excluding steroid dienone is 1. The molecule has 3 atom stereocenters. The molecular formula is C53H43NO. The fourth-order valence-corrected chi connectivity index (χ4v) is 9.40. The highest BCUT2D eigenvalue weighted by atomic mass is 16.3. The second-order valence-electron chi connectivity index (χ2n) is 15.4. The molecular weight excluding hydrogens is 667 g/mol. The highest BCUT2D eigenvalue weighted by Crippen LogP contribution is 2.46.